The van der Waals surface area contributed by atoms with Crippen molar-refractivity contribution in [2.75, 3.05) is 7.05 Å². The molecular weight excluding hydrogens is 378 g/mol. The van der Waals surface area contributed by atoms with Crippen LogP contribution in [-0.2, 0) is 27.5 Å². The summed E-state index contributed by atoms with van der Waals surface area (Å²) in [6.45, 7) is 7.02. The van der Waals surface area contributed by atoms with E-state index in [1.807, 2.05) is 42.3 Å². The first-order chi connectivity index (χ1) is 14.3. The monoisotopic (exact) mass is 415 g/mol. The van der Waals surface area contributed by atoms with Gasteiger partial charge in [-0.15, -0.1) is 0 Å². The fourth-order valence-corrected chi connectivity index (χ4v) is 4.25. The quantitative estimate of drug-likeness (QED) is 0.726. The summed E-state index contributed by atoms with van der Waals surface area (Å²) in [5, 5.41) is 9.19. The van der Waals surface area contributed by atoms with E-state index < -0.39 is 6.29 Å². The van der Waals surface area contributed by atoms with Crippen molar-refractivity contribution in [3.8, 4) is 0 Å². The summed E-state index contributed by atoms with van der Waals surface area (Å²) in [4.78, 5) is 15.1. The summed E-state index contributed by atoms with van der Waals surface area (Å²) in [6, 6.07) is 8.00. The lowest BCUT2D eigenvalue weighted by molar-refractivity contribution is -0.162. The lowest BCUT2D eigenvalue weighted by Gasteiger charge is -2.38. The second kappa shape index (κ2) is 9.97. The van der Waals surface area contributed by atoms with E-state index in [-0.39, 0.29) is 23.8 Å². The number of amides is 1. The highest BCUT2D eigenvalue weighted by Gasteiger charge is 2.36. The topological polar surface area (TPSA) is 59.0 Å². The third-order valence-electron chi connectivity index (χ3n) is 6.46. The molecule has 1 fully saturated rings. The van der Waals surface area contributed by atoms with Gasteiger partial charge in [0.1, 0.15) is 0 Å². The van der Waals surface area contributed by atoms with Crippen LogP contribution in [0.3, 0.4) is 0 Å². The lowest BCUT2D eigenvalue weighted by atomic mass is 9.77. The van der Waals surface area contributed by atoms with Gasteiger partial charge in [-0.1, -0.05) is 64.3 Å². The molecule has 1 saturated carbocycles. The Morgan fingerprint density at radius 3 is 2.37 bits per heavy atom. The van der Waals surface area contributed by atoms with E-state index >= 15 is 0 Å². The minimum absolute atomic E-state index is 0.0170. The van der Waals surface area contributed by atoms with Gasteiger partial charge in [-0.2, -0.15) is 0 Å². The number of likely N-dealkylation sites (N-methyl/N-ethyl adjacent to an activating group) is 1. The molecule has 0 unspecified atom stereocenters. The number of aliphatic hydroxyl groups excluding tert-OH is 1. The van der Waals surface area contributed by atoms with Gasteiger partial charge >= 0.3 is 0 Å². The van der Waals surface area contributed by atoms with Gasteiger partial charge in [-0.25, -0.2) is 0 Å². The van der Waals surface area contributed by atoms with Crippen LogP contribution in [0.4, 0.5) is 0 Å². The molecule has 166 valence electrons. The van der Waals surface area contributed by atoms with Gasteiger partial charge in [0.2, 0.25) is 6.29 Å². The molecule has 0 bridgehead atoms. The second-order valence-corrected chi connectivity index (χ2v) is 9.78. The molecule has 0 radical (unpaired) electrons. The van der Waals surface area contributed by atoms with Crippen LogP contribution in [-0.4, -0.2) is 35.3 Å². The summed E-state index contributed by atoms with van der Waals surface area (Å²) in [6.07, 6.45) is 8.07. The van der Waals surface area contributed by atoms with Crippen molar-refractivity contribution in [3.63, 3.8) is 0 Å². The Kier molecular flexibility index (Phi) is 7.59. The molecule has 5 heteroatoms. The van der Waals surface area contributed by atoms with E-state index in [0.29, 0.717) is 18.4 Å². The molecule has 2 atom stereocenters. The van der Waals surface area contributed by atoms with Crippen molar-refractivity contribution in [1.82, 2.24) is 4.90 Å². The molecule has 2 aliphatic rings. The predicted molar refractivity (Wildman–Crippen MR) is 117 cm³/mol. The van der Waals surface area contributed by atoms with Crippen LogP contribution in [0.5, 0.6) is 0 Å². The molecule has 1 aromatic carbocycles. The Balaban J connectivity index is 1.68. The lowest BCUT2D eigenvalue weighted by Crippen LogP contribution is -2.42. The highest BCUT2D eigenvalue weighted by atomic mass is 16.7. The van der Waals surface area contributed by atoms with Gasteiger partial charge < -0.3 is 19.5 Å². The number of allylic oxidation sites excluding steroid dienone is 1. The number of carbonyl (C=O) groups is 1. The number of carbonyl (C=O) groups excluding carboxylic acids is 1. The number of rotatable bonds is 6. The molecule has 1 aliphatic carbocycles. The molecular formula is C25H37NO4. The molecule has 1 aliphatic heterocycles. The maximum atomic E-state index is 13.2. The van der Waals surface area contributed by atoms with Gasteiger partial charge in [0, 0.05) is 19.5 Å². The summed E-state index contributed by atoms with van der Waals surface area (Å²) in [5.74, 6) is 0.596. The molecule has 1 aromatic rings. The number of aliphatic hydroxyl groups is 1. The average Bonchev–Trinajstić information content (AvgIpc) is 2.76. The Labute approximate surface area is 181 Å². The first-order valence-electron chi connectivity index (χ1n) is 11.2. The number of hydrogen-bond donors (Lipinski definition) is 1. The molecule has 1 heterocycles. The van der Waals surface area contributed by atoms with Gasteiger partial charge in [-0.3, -0.25) is 4.79 Å². The Bertz CT molecular complexity index is 729. The van der Waals surface area contributed by atoms with Crippen LogP contribution in [0.2, 0.25) is 0 Å². The molecule has 30 heavy (non-hydrogen) atoms. The number of benzene rings is 1. The van der Waals surface area contributed by atoms with Crippen LogP contribution in [0.15, 0.2) is 36.1 Å². The smallest absolute Gasteiger partial charge is 0.288 e. The second-order valence-electron chi connectivity index (χ2n) is 9.78. The first-order valence-corrected chi connectivity index (χ1v) is 11.2. The van der Waals surface area contributed by atoms with Crippen LogP contribution in [0.1, 0.15) is 70.4 Å². The molecule has 3 rings (SSSR count). The molecule has 0 aromatic heterocycles. The third-order valence-corrected chi connectivity index (χ3v) is 6.46. The minimum atomic E-state index is -0.449. The van der Waals surface area contributed by atoms with Crippen molar-refractivity contribution in [2.24, 2.45) is 11.3 Å². The normalized spacial score (nSPS) is 22.9. The molecule has 5 nitrogen and oxygen atoms in total. The fourth-order valence-electron chi connectivity index (χ4n) is 4.25. The fraction of sp³-hybridized carbons (Fsp3) is 0.640. The number of nitrogens with zero attached hydrogens (tertiary/aromatic N) is 1. The maximum Gasteiger partial charge on any atom is 0.288 e. The summed E-state index contributed by atoms with van der Waals surface area (Å²) in [7, 11) is 1.90. The molecule has 0 spiro atoms. The van der Waals surface area contributed by atoms with E-state index in [4.69, 9.17) is 9.47 Å². The standard InChI is InChI=1S/C25H37NO4/c1-25(2,3)20-14-22(24(28)26(4)21-8-6-5-7-9-21)30-23(15-20)29-17-19-12-10-18(16-27)11-13-19/h10-14,20-21,23,27H,5-9,15-17H2,1-4H3/t20-,23+/m1/s1. The van der Waals surface area contributed by atoms with E-state index in [9.17, 15) is 9.90 Å². The van der Waals surface area contributed by atoms with Gasteiger partial charge in [0.05, 0.1) is 13.2 Å². The van der Waals surface area contributed by atoms with E-state index in [2.05, 4.69) is 20.8 Å². The molecule has 1 N–H and O–H groups in total. The highest BCUT2D eigenvalue weighted by Crippen LogP contribution is 2.37. The SMILES string of the molecule is CN(C(=O)C1=C[C@@H](C(C)(C)C)C[C@@H](OCc2ccc(CO)cc2)O1)C1CCCCC1. The largest absolute Gasteiger partial charge is 0.459 e. The van der Waals surface area contributed by atoms with Crippen molar-refractivity contribution >= 4 is 5.91 Å². The first kappa shape index (κ1) is 22.8. The van der Waals surface area contributed by atoms with Crippen molar-refractivity contribution < 1.29 is 19.4 Å². The van der Waals surface area contributed by atoms with Crippen LogP contribution in [0.25, 0.3) is 0 Å². The van der Waals surface area contributed by atoms with Crippen molar-refractivity contribution in [2.45, 2.75) is 84.8 Å². The van der Waals surface area contributed by atoms with Gasteiger partial charge in [0.15, 0.2) is 5.76 Å². The zero-order valence-corrected chi connectivity index (χ0v) is 18.9. The summed E-state index contributed by atoms with van der Waals surface area (Å²) < 4.78 is 12.1. The summed E-state index contributed by atoms with van der Waals surface area (Å²) >= 11 is 0. The van der Waals surface area contributed by atoms with E-state index in [1.54, 1.807) is 0 Å². The van der Waals surface area contributed by atoms with Crippen LogP contribution < -0.4 is 0 Å². The van der Waals surface area contributed by atoms with Gasteiger partial charge in [-0.05, 0) is 41.4 Å². The summed E-state index contributed by atoms with van der Waals surface area (Å²) in [5.41, 5.74) is 1.91. The van der Waals surface area contributed by atoms with Gasteiger partial charge in [0.25, 0.3) is 5.91 Å². The Hall–Kier alpha value is -1.85. The highest BCUT2D eigenvalue weighted by molar-refractivity contribution is 5.91. The zero-order valence-electron chi connectivity index (χ0n) is 18.9. The molecule has 1 amide bonds. The maximum absolute atomic E-state index is 13.2. The number of hydrogen-bond acceptors (Lipinski definition) is 4. The predicted octanol–water partition coefficient (Wildman–Crippen LogP) is 4.78. The van der Waals surface area contributed by atoms with Crippen molar-refractivity contribution in [3.05, 3.63) is 47.2 Å². The van der Waals surface area contributed by atoms with E-state index in [1.165, 1.54) is 19.3 Å². The molecule has 0 saturated heterocycles. The van der Waals surface area contributed by atoms with Crippen LogP contribution in [0, 0.1) is 11.3 Å². The third kappa shape index (κ3) is 5.86. The number of ether oxygens (including phenoxy) is 2. The van der Waals surface area contributed by atoms with Crippen molar-refractivity contribution in [1.29, 1.82) is 0 Å². The Morgan fingerprint density at radius 2 is 1.77 bits per heavy atom. The van der Waals surface area contributed by atoms with E-state index in [0.717, 1.165) is 30.4 Å². The Morgan fingerprint density at radius 1 is 1.13 bits per heavy atom. The zero-order chi connectivity index (χ0) is 21.7. The average molecular weight is 416 g/mol. The van der Waals surface area contributed by atoms with Crippen LogP contribution >= 0.6 is 0 Å². The minimum Gasteiger partial charge on any atom is -0.459 e.